The summed E-state index contributed by atoms with van der Waals surface area (Å²) >= 11 is 0. The number of halogens is 2. The van der Waals surface area contributed by atoms with Gasteiger partial charge in [-0.05, 0) is 66.5 Å². The molecule has 0 spiro atoms. The number of carbonyl (C=O) groups excluding carboxylic acids is 2. The van der Waals surface area contributed by atoms with Crippen molar-refractivity contribution in [3.05, 3.63) is 107 Å². The Bertz CT molecular complexity index is 1290. The molecule has 0 saturated heterocycles. The number of aryl methyl sites for hydroxylation is 1. The Morgan fingerprint density at radius 2 is 1.50 bits per heavy atom. The lowest BCUT2D eigenvalue weighted by molar-refractivity contribution is -0.133. The molecule has 1 unspecified atom stereocenters. The van der Waals surface area contributed by atoms with E-state index in [4.69, 9.17) is 0 Å². The molecular weight excluding hydrogens is 560 g/mol. The Hall–Kier alpha value is -3.62. The predicted molar refractivity (Wildman–Crippen MR) is 171 cm³/mol. The van der Waals surface area contributed by atoms with Gasteiger partial charge in [0, 0.05) is 38.7 Å². The van der Waals surface area contributed by atoms with Crippen LogP contribution in [0.2, 0.25) is 0 Å². The number of carbonyl (C=O) groups is 2. The Balaban J connectivity index is 1.72. The summed E-state index contributed by atoms with van der Waals surface area (Å²) in [6, 6.07) is 20.0. The van der Waals surface area contributed by atoms with Gasteiger partial charge in [-0.1, -0.05) is 75.4 Å². The Morgan fingerprint density at radius 3 is 2.14 bits per heavy atom. The van der Waals surface area contributed by atoms with Gasteiger partial charge in [-0.15, -0.1) is 0 Å². The average molecular weight is 608 g/mol. The summed E-state index contributed by atoms with van der Waals surface area (Å²) in [5.74, 6) is -2.27. The summed E-state index contributed by atoms with van der Waals surface area (Å²) in [5, 5.41) is 17.3. The highest BCUT2D eigenvalue weighted by atomic mass is 19.1. The second-order valence-electron chi connectivity index (χ2n) is 11.4. The molecule has 238 valence electrons. The summed E-state index contributed by atoms with van der Waals surface area (Å²) in [6.07, 6.45) is 1.95. The highest BCUT2D eigenvalue weighted by Crippen LogP contribution is 2.25. The molecule has 0 fully saturated rings. The van der Waals surface area contributed by atoms with Gasteiger partial charge in [-0.3, -0.25) is 9.59 Å². The van der Waals surface area contributed by atoms with Gasteiger partial charge < -0.3 is 20.6 Å². The number of nitrogens with zero attached hydrogens (tertiary/aromatic N) is 1. The molecule has 0 radical (unpaired) electrons. The molecule has 0 aromatic heterocycles. The van der Waals surface area contributed by atoms with Crippen molar-refractivity contribution in [2.75, 3.05) is 19.6 Å². The van der Waals surface area contributed by atoms with E-state index in [-0.39, 0.29) is 31.2 Å². The van der Waals surface area contributed by atoms with Gasteiger partial charge in [0.05, 0.1) is 18.1 Å². The van der Waals surface area contributed by atoms with E-state index in [0.717, 1.165) is 36.5 Å². The van der Waals surface area contributed by atoms with Crippen molar-refractivity contribution in [3.63, 3.8) is 0 Å². The average Bonchev–Trinajstić information content (AvgIpc) is 3.00. The van der Waals surface area contributed by atoms with Gasteiger partial charge in [0.2, 0.25) is 11.8 Å². The van der Waals surface area contributed by atoms with Crippen LogP contribution in [0.1, 0.15) is 74.6 Å². The molecule has 3 N–H and O–H groups in total. The molecule has 0 heterocycles. The van der Waals surface area contributed by atoms with E-state index in [2.05, 4.69) is 29.7 Å². The van der Waals surface area contributed by atoms with Crippen LogP contribution in [-0.4, -0.2) is 53.6 Å². The summed E-state index contributed by atoms with van der Waals surface area (Å²) < 4.78 is 28.0. The van der Waals surface area contributed by atoms with Crippen molar-refractivity contribution in [3.8, 4) is 0 Å². The lowest BCUT2D eigenvalue weighted by Crippen LogP contribution is -2.48. The molecule has 3 atom stereocenters. The molecule has 2 amide bonds. The minimum atomic E-state index is -1.03. The molecule has 0 aliphatic heterocycles. The number of aliphatic hydroxyl groups is 1. The third-order valence-corrected chi connectivity index (χ3v) is 7.73. The van der Waals surface area contributed by atoms with Crippen molar-refractivity contribution in [2.24, 2.45) is 0 Å². The van der Waals surface area contributed by atoms with E-state index < -0.39 is 29.7 Å². The van der Waals surface area contributed by atoms with Crippen molar-refractivity contribution in [2.45, 2.75) is 83.9 Å². The predicted octanol–water partition coefficient (Wildman–Crippen LogP) is 5.92. The van der Waals surface area contributed by atoms with Gasteiger partial charge >= 0.3 is 0 Å². The zero-order chi connectivity index (χ0) is 31.9. The first kappa shape index (κ1) is 34.9. The van der Waals surface area contributed by atoms with Crippen molar-refractivity contribution < 1.29 is 23.5 Å². The van der Waals surface area contributed by atoms with Crippen LogP contribution < -0.4 is 10.6 Å². The number of benzene rings is 3. The van der Waals surface area contributed by atoms with E-state index in [9.17, 15) is 23.5 Å². The summed E-state index contributed by atoms with van der Waals surface area (Å²) in [5.41, 5.74) is 3.46. The number of rotatable bonds is 18. The van der Waals surface area contributed by atoms with Gasteiger partial charge in [-0.2, -0.15) is 0 Å². The lowest BCUT2D eigenvalue weighted by Gasteiger charge is -2.28. The first-order chi connectivity index (χ1) is 21.2. The third-order valence-electron chi connectivity index (χ3n) is 7.73. The van der Waals surface area contributed by atoms with Crippen LogP contribution in [0.4, 0.5) is 8.78 Å². The molecule has 3 aromatic rings. The fourth-order valence-electron chi connectivity index (χ4n) is 5.50. The highest BCUT2D eigenvalue weighted by Gasteiger charge is 2.27. The Morgan fingerprint density at radius 1 is 0.841 bits per heavy atom. The number of hydrogen-bond donors (Lipinski definition) is 3. The molecule has 0 bridgehead atoms. The van der Waals surface area contributed by atoms with E-state index in [1.165, 1.54) is 17.7 Å². The number of nitrogens with one attached hydrogen (secondary N) is 2. The van der Waals surface area contributed by atoms with Gasteiger partial charge in [0.25, 0.3) is 0 Å². The zero-order valence-corrected chi connectivity index (χ0v) is 26.2. The van der Waals surface area contributed by atoms with Crippen LogP contribution in [0.15, 0.2) is 72.8 Å². The van der Waals surface area contributed by atoms with Crippen LogP contribution in [-0.2, 0) is 29.0 Å². The summed E-state index contributed by atoms with van der Waals surface area (Å²) in [4.78, 5) is 28.8. The van der Waals surface area contributed by atoms with Crippen molar-refractivity contribution in [1.29, 1.82) is 0 Å². The Kier molecular flexibility index (Phi) is 14.5. The topological polar surface area (TPSA) is 81.7 Å². The van der Waals surface area contributed by atoms with E-state index in [0.29, 0.717) is 31.6 Å². The maximum Gasteiger partial charge on any atom is 0.230 e. The molecule has 3 aromatic carbocycles. The maximum atomic E-state index is 14.0. The van der Waals surface area contributed by atoms with Gasteiger partial charge in [0.15, 0.2) is 0 Å². The number of amides is 2. The number of hydrogen-bond acceptors (Lipinski definition) is 4. The molecule has 0 aliphatic rings. The minimum Gasteiger partial charge on any atom is -0.390 e. The van der Waals surface area contributed by atoms with Gasteiger partial charge in [0.1, 0.15) is 11.6 Å². The zero-order valence-electron chi connectivity index (χ0n) is 26.2. The fraction of sp³-hybridized carbons (Fsp3) is 0.444. The first-order valence-electron chi connectivity index (χ1n) is 15.8. The first-order valence-corrected chi connectivity index (χ1v) is 15.8. The molecule has 8 heteroatoms. The monoisotopic (exact) mass is 607 g/mol. The highest BCUT2D eigenvalue weighted by molar-refractivity contribution is 5.85. The SMILES string of the molecule is CCCN(CCC)C(=O)C(CCC(=O)N[C@@H](Cc1cc(F)cc(F)c1)[C@H](O)CNCc1cccc(CC)c1)c1ccccc1. The normalized spacial score (nSPS) is 13.2. The second kappa shape index (κ2) is 18.2. The second-order valence-corrected chi connectivity index (χ2v) is 11.4. The molecule has 6 nitrogen and oxygen atoms in total. The molecule has 44 heavy (non-hydrogen) atoms. The molecule has 0 saturated carbocycles. The Labute approximate surface area is 260 Å². The quantitative estimate of drug-likeness (QED) is 0.168. The molecular formula is C36H47F2N3O3. The smallest absolute Gasteiger partial charge is 0.230 e. The summed E-state index contributed by atoms with van der Waals surface area (Å²) in [6.45, 7) is 8.14. The van der Waals surface area contributed by atoms with Crippen LogP contribution in [0.5, 0.6) is 0 Å². The standard InChI is InChI=1S/C36H47F2N3O3/c1-4-17-41(18-5-2)36(44)32(29-13-8-7-9-14-29)15-16-35(43)40-33(22-28-20-30(37)23-31(38)21-28)34(42)25-39-24-27-12-10-11-26(6-3)19-27/h7-14,19-21,23,32-34,39,42H,4-6,15-18,22,24-25H2,1-3H3,(H,40,43)/t32?,33-,34+/m0/s1. The molecule has 0 aliphatic carbocycles. The van der Waals surface area contributed by atoms with E-state index >= 15 is 0 Å². The minimum absolute atomic E-state index is 0.00383. The van der Waals surface area contributed by atoms with Crippen LogP contribution in [0, 0.1) is 11.6 Å². The third kappa shape index (κ3) is 11.1. The summed E-state index contributed by atoms with van der Waals surface area (Å²) in [7, 11) is 0. The maximum absolute atomic E-state index is 14.0. The van der Waals surface area contributed by atoms with Crippen LogP contribution in [0.25, 0.3) is 0 Å². The van der Waals surface area contributed by atoms with E-state index in [1.54, 1.807) is 0 Å². The van der Waals surface area contributed by atoms with Crippen LogP contribution >= 0.6 is 0 Å². The lowest BCUT2D eigenvalue weighted by atomic mass is 9.92. The number of aliphatic hydroxyl groups excluding tert-OH is 1. The fourth-order valence-corrected chi connectivity index (χ4v) is 5.50. The van der Waals surface area contributed by atoms with Crippen molar-refractivity contribution >= 4 is 11.8 Å². The largest absolute Gasteiger partial charge is 0.390 e. The van der Waals surface area contributed by atoms with Crippen molar-refractivity contribution in [1.82, 2.24) is 15.5 Å². The molecule has 3 rings (SSSR count). The van der Waals surface area contributed by atoms with E-state index in [1.807, 2.05) is 61.2 Å². The van der Waals surface area contributed by atoms with Crippen LogP contribution in [0.3, 0.4) is 0 Å². The van der Waals surface area contributed by atoms with Gasteiger partial charge in [-0.25, -0.2) is 8.78 Å².